The van der Waals surface area contributed by atoms with Gasteiger partial charge in [-0.05, 0) is 36.6 Å². The first-order valence-corrected chi connectivity index (χ1v) is 7.50. The van der Waals surface area contributed by atoms with Gasteiger partial charge in [-0.1, -0.05) is 36.4 Å². The van der Waals surface area contributed by atoms with E-state index >= 15 is 0 Å². The van der Waals surface area contributed by atoms with Crippen molar-refractivity contribution in [3.63, 3.8) is 0 Å². The van der Waals surface area contributed by atoms with Gasteiger partial charge in [0.1, 0.15) is 5.82 Å². The first-order valence-electron chi connectivity index (χ1n) is 7.50. The second kappa shape index (κ2) is 6.18. The van der Waals surface area contributed by atoms with E-state index in [1.54, 1.807) is 12.1 Å². The van der Waals surface area contributed by atoms with E-state index in [1.807, 2.05) is 18.2 Å². The Kier molecular flexibility index (Phi) is 4.09. The lowest BCUT2D eigenvalue weighted by atomic mass is 9.96. The van der Waals surface area contributed by atoms with Crippen LogP contribution in [0.4, 0.5) is 10.1 Å². The highest BCUT2D eigenvalue weighted by Gasteiger charge is 2.44. The maximum atomic E-state index is 13.1. The van der Waals surface area contributed by atoms with Gasteiger partial charge in [0.25, 0.3) is 0 Å². The first kappa shape index (κ1) is 14.6. The predicted molar refractivity (Wildman–Crippen MR) is 85.3 cm³/mol. The summed E-state index contributed by atoms with van der Waals surface area (Å²) in [5.74, 6) is -0.391. The molecule has 1 aliphatic carbocycles. The molecule has 2 aromatic rings. The van der Waals surface area contributed by atoms with Crippen molar-refractivity contribution in [1.29, 1.82) is 0 Å². The largest absolute Gasteiger partial charge is 0.376 e. The molecule has 1 saturated carbocycles. The molecule has 0 heterocycles. The van der Waals surface area contributed by atoms with E-state index in [1.165, 1.54) is 17.7 Å². The Labute approximate surface area is 129 Å². The van der Waals surface area contributed by atoms with Crippen molar-refractivity contribution in [3.05, 3.63) is 66.0 Å². The standard InChI is InChI=1S/C18H19FN2O/c19-15-7-4-8-16(11-15)20-12-17(22)21-13-18(9-10-18)14-5-2-1-3-6-14/h1-8,11,20H,9-10,12-13H2,(H,21,22). The molecule has 1 aliphatic rings. The molecule has 0 aromatic heterocycles. The molecular weight excluding hydrogens is 279 g/mol. The predicted octanol–water partition coefficient (Wildman–Crippen LogP) is 3.09. The molecule has 1 fully saturated rings. The fourth-order valence-electron chi connectivity index (χ4n) is 2.62. The second-order valence-electron chi connectivity index (χ2n) is 5.79. The number of amides is 1. The molecular formula is C18H19FN2O. The number of nitrogens with one attached hydrogen (secondary N) is 2. The van der Waals surface area contributed by atoms with E-state index in [-0.39, 0.29) is 23.7 Å². The summed E-state index contributed by atoms with van der Waals surface area (Å²) in [7, 11) is 0. The third-order valence-corrected chi connectivity index (χ3v) is 4.14. The van der Waals surface area contributed by atoms with Crippen LogP contribution in [0.25, 0.3) is 0 Å². The highest BCUT2D eigenvalue weighted by atomic mass is 19.1. The fraction of sp³-hybridized carbons (Fsp3) is 0.278. The third-order valence-electron chi connectivity index (χ3n) is 4.14. The molecule has 0 spiro atoms. The molecule has 22 heavy (non-hydrogen) atoms. The van der Waals surface area contributed by atoms with Crippen LogP contribution in [0.1, 0.15) is 18.4 Å². The van der Waals surface area contributed by atoms with Gasteiger partial charge in [0.05, 0.1) is 6.54 Å². The minimum absolute atomic E-state index is 0.0773. The monoisotopic (exact) mass is 298 g/mol. The lowest BCUT2D eigenvalue weighted by Crippen LogP contribution is -2.35. The maximum absolute atomic E-state index is 13.1. The van der Waals surface area contributed by atoms with Gasteiger partial charge in [0, 0.05) is 17.6 Å². The fourth-order valence-corrected chi connectivity index (χ4v) is 2.62. The molecule has 0 bridgehead atoms. The number of hydrogen-bond acceptors (Lipinski definition) is 2. The number of carbonyl (C=O) groups is 1. The summed E-state index contributed by atoms with van der Waals surface area (Å²) in [6.45, 7) is 0.801. The Morgan fingerprint density at radius 3 is 2.55 bits per heavy atom. The van der Waals surface area contributed by atoms with Gasteiger partial charge < -0.3 is 10.6 Å². The Bertz CT molecular complexity index is 653. The Balaban J connectivity index is 1.49. The molecule has 3 nitrogen and oxygen atoms in total. The topological polar surface area (TPSA) is 41.1 Å². The van der Waals surface area contributed by atoms with Crippen molar-refractivity contribution in [1.82, 2.24) is 5.32 Å². The van der Waals surface area contributed by atoms with Gasteiger partial charge in [0.2, 0.25) is 5.91 Å². The van der Waals surface area contributed by atoms with E-state index < -0.39 is 0 Å². The number of hydrogen-bond donors (Lipinski definition) is 2. The first-order chi connectivity index (χ1) is 10.7. The van der Waals surface area contributed by atoms with Crippen LogP contribution in [0.15, 0.2) is 54.6 Å². The quantitative estimate of drug-likeness (QED) is 0.860. The van der Waals surface area contributed by atoms with Crippen molar-refractivity contribution >= 4 is 11.6 Å². The Morgan fingerprint density at radius 1 is 1.09 bits per heavy atom. The van der Waals surface area contributed by atoms with Crippen LogP contribution in [0, 0.1) is 5.82 Å². The van der Waals surface area contributed by atoms with Gasteiger partial charge in [-0.25, -0.2) is 4.39 Å². The molecule has 1 amide bonds. The van der Waals surface area contributed by atoms with Gasteiger partial charge in [-0.3, -0.25) is 4.79 Å². The molecule has 0 radical (unpaired) electrons. The summed E-state index contributed by atoms with van der Waals surface area (Å²) in [5, 5.41) is 5.90. The van der Waals surface area contributed by atoms with Crippen LogP contribution in [0.5, 0.6) is 0 Å². The number of anilines is 1. The molecule has 2 aromatic carbocycles. The smallest absolute Gasteiger partial charge is 0.239 e. The van der Waals surface area contributed by atoms with Crippen molar-refractivity contribution in [2.24, 2.45) is 0 Å². The summed E-state index contributed by atoms with van der Waals surface area (Å²) in [6.07, 6.45) is 2.21. The van der Waals surface area contributed by atoms with E-state index in [9.17, 15) is 9.18 Å². The Hall–Kier alpha value is -2.36. The number of carbonyl (C=O) groups excluding carboxylic acids is 1. The van der Waals surface area contributed by atoms with E-state index in [0.29, 0.717) is 12.2 Å². The SMILES string of the molecule is O=C(CNc1cccc(F)c1)NCC1(c2ccccc2)CC1. The average Bonchev–Trinajstić information content (AvgIpc) is 3.33. The summed E-state index contributed by atoms with van der Waals surface area (Å²) in [6, 6.07) is 16.4. The number of benzene rings is 2. The van der Waals surface area contributed by atoms with Crippen LogP contribution in [0.3, 0.4) is 0 Å². The van der Waals surface area contributed by atoms with Crippen molar-refractivity contribution in [3.8, 4) is 0 Å². The molecule has 0 aliphatic heterocycles. The number of rotatable bonds is 6. The van der Waals surface area contributed by atoms with Crippen LogP contribution in [-0.2, 0) is 10.2 Å². The zero-order valence-corrected chi connectivity index (χ0v) is 12.3. The molecule has 114 valence electrons. The molecule has 0 unspecified atom stereocenters. The number of halogens is 1. The van der Waals surface area contributed by atoms with E-state index in [2.05, 4.69) is 22.8 Å². The van der Waals surface area contributed by atoms with Crippen LogP contribution in [-0.4, -0.2) is 19.0 Å². The van der Waals surface area contributed by atoms with E-state index in [0.717, 1.165) is 12.8 Å². The molecule has 0 saturated heterocycles. The minimum atomic E-state index is -0.314. The lowest BCUT2D eigenvalue weighted by molar-refractivity contribution is -0.119. The summed E-state index contributed by atoms with van der Waals surface area (Å²) < 4.78 is 13.1. The zero-order valence-electron chi connectivity index (χ0n) is 12.3. The molecule has 2 N–H and O–H groups in total. The molecule has 4 heteroatoms. The molecule has 3 rings (SSSR count). The van der Waals surface area contributed by atoms with Gasteiger partial charge in [-0.15, -0.1) is 0 Å². The van der Waals surface area contributed by atoms with Gasteiger partial charge in [0.15, 0.2) is 0 Å². The van der Waals surface area contributed by atoms with Gasteiger partial charge >= 0.3 is 0 Å². The summed E-state index contributed by atoms with van der Waals surface area (Å²) in [4.78, 5) is 11.9. The zero-order chi connectivity index (χ0) is 15.4. The second-order valence-corrected chi connectivity index (χ2v) is 5.79. The highest BCUT2D eigenvalue weighted by molar-refractivity contribution is 5.80. The Morgan fingerprint density at radius 2 is 1.86 bits per heavy atom. The molecule has 0 atom stereocenters. The van der Waals surface area contributed by atoms with Crippen molar-refractivity contribution in [2.45, 2.75) is 18.3 Å². The van der Waals surface area contributed by atoms with Crippen LogP contribution in [0.2, 0.25) is 0 Å². The minimum Gasteiger partial charge on any atom is -0.376 e. The van der Waals surface area contributed by atoms with E-state index in [4.69, 9.17) is 0 Å². The summed E-state index contributed by atoms with van der Waals surface area (Å²) in [5.41, 5.74) is 2.00. The van der Waals surface area contributed by atoms with Crippen molar-refractivity contribution in [2.75, 3.05) is 18.4 Å². The maximum Gasteiger partial charge on any atom is 0.239 e. The van der Waals surface area contributed by atoms with Crippen LogP contribution >= 0.6 is 0 Å². The highest BCUT2D eigenvalue weighted by Crippen LogP contribution is 2.47. The normalized spacial score (nSPS) is 15.1. The van der Waals surface area contributed by atoms with Crippen molar-refractivity contribution < 1.29 is 9.18 Å². The third kappa shape index (κ3) is 3.45. The lowest BCUT2D eigenvalue weighted by Gasteiger charge is -2.17. The van der Waals surface area contributed by atoms with Gasteiger partial charge in [-0.2, -0.15) is 0 Å². The average molecular weight is 298 g/mol. The summed E-state index contributed by atoms with van der Waals surface area (Å²) >= 11 is 0. The van der Waals surface area contributed by atoms with Crippen LogP contribution < -0.4 is 10.6 Å².